The zero-order chi connectivity index (χ0) is 14.2. The highest BCUT2D eigenvalue weighted by Crippen LogP contribution is 2.36. The van der Waals surface area contributed by atoms with Gasteiger partial charge in [0.05, 0.1) is 6.61 Å². The third-order valence-corrected chi connectivity index (χ3v) is 4.27. The van der Waals surface area contributed by atoms with Crippen LogP contribution < -0.4 is 14.4 Å². The van der Waals surface area contributed by atoms with Gasteiger partial charge >= 0.3 is 0 Å². The molecule has 4 heteroatoms. The third kappa shape index (κ3) is 2.42. The van der Waals surface area contributed by atoms with E-state index in [4.69, 9.17) is 21.1 Å². The number of fused-ring (bicyclic) bond motifs is 2. The SMILES string of the molecule is Clc1ccc(N2COc3cc4c(cc3C2)OCCC4)cc1. The number of aryl methyl sites for hydroxylation is 1. The Hall–Kier alpha value is -1.87. The van der Waals surface area contributed by atoms with E-state index in [1.54, 1.807) is 0 Å². The fourth-order valence-electron chi connectivity index (χ4n) is 2.89. The van der Waals surface area contributed by atoms with E-state index in [0.717, 1.165) is 48.2 Å². The molecule has 2 aliphatic rings. The Balaban J connectivity index is 1.63. The summed E-state index contributed by atoms with van der Waals surface area (Å²) in [7, 11) is 0. The van der Waals surface area contributed by atoms with E-state index < -0.39 is 0 Å². The van der Waals surface area contributed by atoms with Crippen molar-refractivity contribution in [2.45, 2.75) is 19.4 Å². The number of anilines is 1. The van der Waals surface area contributed by atoms with Gasteiger partial charge in [0.25, 0.3) is 0 Å². The Morgan fingerprint density at radius 1 is 0.952 bits per heavy atom. The van der Waals surface area contributed by atoms with Crippen molar-refractivity contribution in [3.8, 4) is 11.5 Å². The highest BCUT2D eigenvalue weighted by atomic mass is 35.5. The largest absolute Gasteiger partial charge is 0.493 e. The Morgan fingerprint density at radius 3 is 2.57 bits per heavy atom. The summed E-state index contributed by atoms with van der Waals surface area (Å²) in [6.45, 7) is 2.20. The lowest BCUT2D eigenvalue weighted by Crippen LogP contribution is -2.32. The van der Waals surface area contributed by atoms with Crippen molar-refractivity contribution in [3.63, 3.8) is 0 Å². The van der Waals surface area contributed by atoms with Crippen LogP contribution >= 0.6 is 11.6 Å². The van der Waals surface area contributed by atoms with Gasteiger partial charge in [0, 0.05) is 22.8 Å². The first-order chi connectivity index (χ1) is 10.3. The number of halogens is 1. The van der Waals surface area contributed by atoms with Crippen LogP contribution in [0.25, 0.3) is 0 Å². The van der Waals surface area contributed by atoms with E-state index in [0.29, 0.717) is 6.73 Å². The van der Waals surface area contributed by atoms with Crippen molar-refractivity contribution < 1.29 is 9.47 Å². The molecule has 0 aliphatic carbocycles. The van der Waals surface area contributed by atoms with Crippen molar-refractivity contribution in [3.05, 3.63) is 52.5 Å². The van der Waals surface area contributed by atoms with Gasteiger partial charge in [-0.25, -0.2) is 0 Å². The molecule has 2 aromatic rings. The van der Waals surface area contributed by atoms with Crippen molar-refractivity contribution in [2.24, 2.45) is 0 Å². The van der Waals surface area contributed by atoms with Crippen LogP contribution in [0.2, 0.25) is 5.02 Å². The van der Waals surface area contributed by atoms with Crippen LogP contribution in [0.1, 0.15) is 17.5 Å². The van der Waals surface area contributed by atoms with E-state index in [1.807, 2.05) is 24.3 Å². The van der Waals surface area contributed by atoms with E-state index in [1.165, 1.54) is 11.1 Å². The first-order valence-corrected chi connectivity index (χ1v) is 7.59. The second kappa shape index (κ2) is 5.15. The molecule has 0 radical (unpaired) electrons. The smallest absolute Gasteiger partial charge is 0.161 e. The number of benzene rings is 2. The fourth-order valence-corrected chi connectivity index (χ4v) is 3.02. The lowest BCUT2D eigenvalue weighted by molar-refractivity contribution is 0.273. The van der Waals surface area contributed by atoms with Crippen molar-refractivity contribution in [1.82, 2.24) is 0 Å². The topological polar surface area (TPSA) is 21.7 Å². The predicted molar refractivity (Wildman–Crippen MR) is 83.4 cm³/mol. The monoisotopic (exact) mass is 301 g/mol. The van der Waals surface area contributed by atoms with Gasteiger partial charge in [-0.1, -0.05) is 11.6 Å². The summed E-state index contributed by atoms with van der Waals surface area (Å²) < 4.78 is 11.7. The second-order valence-electron chi connectivity index (χ2n) is 5.47. The molecule has 21 heavy (non-hydrogen) atoms. The average Bonchev–Trinajstić information content (AvgIpc) is 2.53. The highest BCUT2D eigenvalue weighted by Gasteiger charge is 2.21. The Kier molecular flexibility index (Phi) is 3.15. The van der Waals surface area contributed by atoms with Crippen LogP contribution in [0, 0.1) is 0 Å². The normalized spacial score (nSPS) is 16.5. The summed E-state index contributed by atoms with van der Waals surface area (Å²) >= 11 is 5.94. The van der Waals surface area contributed by atoms with Crippen molar-refractivity contribution in [2.75, 3.05) is 18.2 Å². The summed E-state index contributed by atoms with van der Waals surface area (Å²) in [4.78, 5) is 2.19. The lowest BCUT2D eigenvalue weighted by Gasteiger charge is -2.32. The molecule has 0 spiro atoms. The van der Waals surface area contributed by atoms with E-state index in [2.05, 4.69) is 17.0 Å². The van der Waals surface area contributed by atoms with Crippen LogP contribution in [0.4, 0.5) is 5.69 Å². The maximum Gasteiger partial charge on any atom is 0.161 e. The van der Waals surface area contributed by atoms with Gasteiger partial charge in [-0.2, -0.15) is 0 Å². The quantitative estimate of drug-likeness (QED) is 0.794. The first kappa shape index (κ1) is 12.8. The molecule has 2 aliphatic heterocycles. The Morgan fingerprint density at radius 2 is 1.71 bits per heavy atom. The molecule has 0 N–H and O–H groups in total. The van der Waals surface area contributed by atoms with Crippen LogP contribution in [0.3, 0.4) is 0 Å². The average molecular weight is 302 g/mol. The summed E-state index contributed by atoms with van der Waals surface area (Å²) in [5.74, 6) is 2.01. The molecule has 2 heterocycles. The number of nitrogens with zero attached hydrogens (tertiary/aromatic N) is 1. The van der Waals surface area contributed by atoms with E-state index in [-0.39, 0.29) is 0 Å². The van der Waals surface area contributed by atoms with Gasteiger partial charge in [-0.3, -0.25) is 0 Å². The van der Waals surface area contributed by atoms with Crippen molar-refractivity contribution >= 4 is 17.3 Å². The van der Waals surface area contributed by atoms with Crippen molar-refractivity contribution in [1.29, 1.82) is 0 Å². The van der Waals surface area contributed by atoms with Crippen LogP contribution in [0.15, 0.2) is 36.4 Å². The summed E-state index contributed by atoms with van der Waals surface area (Å²) in [6, 6.07) is 12.1. The van der Waals surface area contributed by atoms with E-state index >= 15 is 0 Å². The van der Waals surface area contributed by atoms with Gasteiger partial charge in [0.15, 0.2) is 6.73 Å². The molecule has 4 rings (SSSR count). The maximum atomic E-state index is 5.94. The van der Waals surface area contributed by atoms with Gasteiger partial charge in [-0.05, 0) is 54.8 Å². The second-order valence-corrected chi connectivity index (χ2v) is 5.90. The molecule has 2 aromatic carbocycles. The molecule has 108 valence electrons. The molecule has 0 fully saturated rings. The minimum absolute atomic E-state index is 0.564. The molecular weight excluding hydrogens is 286 g/mol. The highest BCUT2D eigenvalue weighted by molar-refractivity contribution is 6.30. The number of ether oxygens (including phenoxy) is 2. The van der Waals surface area contributed by atoms with Gasteiger partial charge in [0.1, 0.15) is 11.5 Å². The standard InChI is InChI=1S/C17H16ClNO2/c18-14-3-5-15(6-4-14)19-10-13-9-16-12(2-1-7-20-16)8-17(13)21-11-19/h3-6,8-9H,1-2,7,10-11H2. The van der Waals surface area contributed by atoms with Crippen LogP contribution in [-0.2, 0) is 13.0 Å². The number of hydrogen-bond acceptors (Lipinski definition) is 3. The molecule has 0 saturated carbocycles. The molecule has 0 unspecified atom stereocenters. The van der Waals surface area contributed by atoms with Gasteiger partial charge in [-0.15, -0.1) is 0 Å². The van der Waals surface area contributed by atoms with Gasteiger partial charge in [0.2, 0.25) is 0 Å². The third-order valence-electron chi connectivity index (χ3n) is 4.02. The molecule has 0 saturated heterocycles. The molecular formula is C17H16ClNO2. The minimum Gasteiger partial charge on any atom is -0.493 e. The molecule has 0 bridgehead atoms. The van der Waals surface area contributed by atoms with E-state index in [9.17, 15) is 0 Å². The summed E-state index contributed by atoms with van der Waals surface area (Å²) in [6.07, 6.45) is 2.16. The predicted octanol–water partition coefficient (Wildman–Crippen LogP) is 4.02. The summed E-state index contributed by atoms with van der Waals surface area (Å²) in [5.41, 5.74) is 3.56. The number of hydrogen-bond donors (Lipinski definition) is 0. The van der Waals surface area contributed by atoms with Crippen LogP contribution in [-0.4, -0.2) is 13.3 Å². The molecule has 3 nitrogen and oxygen atoms in total. The van der Waals surface area contributed by atoms with Crippen LogP contribution in [0.5, 0.6) is 11.5 Å². The maximum absolute atomic E-state index is 5.94. The Labute approximate surface area is 129 Å². The summed E-state index contributed by atoms with van der Waals surface area (Å²) in [5, 5.41) is 0.750. The molecule has 0 amide bonds. The fraction of sp³-hybridized carbons (Fsp3) is 0.294. The number of rotatable bonds is 1. The molecule has 0 aromatic heterocycles. The first-order valence-electron chi connectivity index (χ1n) is 7.21. The lowest BCUT2D eigenvalue weighted by atomic mass is 10.0. The Bertz CT molecular complexity index is 669. The zero-order valence-corrected chi connectivity index (χ0v) is 12.4. The zero-order valence-electron chi connectivity index (χ0n) is 11.6. The van der Waals surface area contributed by atoms with Gasteiger partial charge < -0.3 is 14.4 Å². The molecule has 0 atom stereocenters. The minimum atomic E-state index is 0.564.